The number of fused-ring (bicyclic) bond motifs is 1. The molecule has 154 valence electrons. The first-order chi connectivity index (χ1) is 14.5. The maximum Gasteiger partial charge on any atom is 0.261 e. The van der Waals surface area contributed by atoms with Gasteiger partial charge < -0.3 is 4.42 Å². The van der Waals surface area contributed by atoms with Crippen LogP contribution in [0, 0.1) is 6.92 Å². The van der Waals surface area contributed by atoms with Crippen molar-refractivity contribution >= 4 is 23.5 Å². The fraction of sp³-hybridized carbons (Fsp3) is 0.385. The van der Waals surface area contributed by atoms with Crippen molar-refractivity contribution in [2.24, 2.45) is 0 Å². The Balaban J connectivity index is 1.65. The lowest BCUT2D eigenvalue weighted by Crippen LogP contribution is -2.50. The zero-order chi connectivity index (χ0) is 21.0. The molecule has 0 spiro atoms. The Kier molecular flexibility index (Phi) is 4.53. The van der Waals surface area contributed by atoms with Crippen molar-refractivity contribution in [1.29, 1.82) is 0 Å². The summed E-state index contributed by atoms with van der Waals surface area (Å²) >= 11 is 0. The van der Waals surface area contributed by atoms with Crippen LogP contribution in [0.25, 0.3) is 11.6 Å². The quantitative estimate of drug-likeness (QED) is 0.586. The number of carbonyl (C=O) groups is 2. The van der Waals surface area contributed by atoms with Gasteiger partial charge in [-0.2, -0.15) is 0 Å². The third-order valence-electron chi connectivity index (χ3n) is 6.82. The first-order valence-electron chi connectivity index (χ1n) is 11.0. The standard InChI is InChI=1S/C26H27NO3/c1-4-7-17-15(2)30-23-14-16(8-5-9-19(17)23)18-12-13-22-24-20(18)10-6-11-21(24)25(28)27(3)26(22)29/h5,8,10,12-13,16H,4,6-7,9,11,14H2,1-3H3. The molecular weight excluding hydrogens is 374 g/mol. The predicted molar refractivity (Wildman–Crippen MR) is 117 cm³/mol. The summed E-state index contributed by atoms with van der Waals surface area (Å²) in [5, 5.41) is 1.94. The van der Waals surface area contributed by atoms with E-state index in [4.69, 9.17) is 4.42 Å². The molecule has 2 amide bonds. The van der Waals surface area contributed by atoms with Gasteiger partial charge in [0, 0.05) is 41.3 Å². The molecule has 1 aromatic carbocycles. The van der Waals surface area contributed by atoms with E-state index in [1.165, 1.54) is 21.6 Å². The van der Waals surface area contributed by atoms with Crippen molar-refractivity contribution in [2.45, 2.75) is 58.3 Å². The fourth-order valence-corrected chi connectivity index (χ4v) is 5.36. The van der Waals surface area contributed by atoms with Gasteiger partial charge in [-0.3, -0.25) is 14.5 Å². The second-order valence-electron chi connectivity index (χ2n) is 8.61. The van der Waals surface area contributed by atoms with E-state index in [0.29, 0.717) is 12.0 Å². The normalized spacial score (nSPS) is 20.0. The van der Waals surface area contributed by atoms with Crippen LogP contribution >= 0.6 is 0 Å². The molecule has 2 aliphatic carbocycles. The Bertz CT molecular complexity index is 1230. The molecule has 1 atom stereocenters. The minimum atomic E-state index is -0.202. The highest BCUT2D eigenvalue weighted by Crippen LogP contribution is 2.32. The van der Waals surface area contributed by atoms with Gasteiger partial charge in [-0.05, 0) is 55.0 Å². The topological polar surface area (TPSA) is 50.5 Å². The maximum absolute atomic E-state index is 12.7. The van der Waals surface area contributed by atoms with Gasteiger partial charge in [0.15, 0.2) is 0 Å². The van der Waals surface area contributed by atoms with Crippen LogP contribution in [0.5, 0.6) is 0 Å². The number of nitrogens with zero attached hydrogens (tertiary/aromatic N) is 1. The first kappa shape index (κ1) is 19.1. The number of imide groups is 1. The molecule has 2 aromatic rings. The summed E-state index contributed by atoms with van der Waals surface area (Å²) in [6.07, 6.45) is 12.1. The lowest BCUT2D eigenvalue weighted by atomic mass is 9.85. The van der Waals surface area contributed by atoms with E-state index in [2.05, 4.69) is 38.1 Å². The lowest BCUT2D eigenvalue weighted by molar-refractivity contribution is -0.122. The third kappa shape index (κ3) is 2.73. The number of aryl methyl sites for hydroxylation is 1. The van der Waals surface area contributed by atoms with E-state index in [0.717, 1.165) is 59.6 Å². The van der Waals surface area contributed by atoms with E-state index < -0.39 is 0 Å². The van der Waals surface area contributed by atoms with Crippen molar-refractivity contribution < 1.29 is 14.0 Å². The maximum atomic E-state index is 12.7. The van der Waals surface area contributed by atoms with Gasteiger partial charge in [0.05, 0.1) is 0 Å². The molecule has 30 heavy (non-hydrogen) atoms. The molecule has 0 bridgehead atoms. The molecule has 0 radical (unpaired) electrons. The molecule has 5 rings (SSSR count). The van der Waals surface area contributed by atoms with E-state index in [-0.39, 0.29) is 17.7 Å². The van der Waals surface area contributed by atoms with Crippen LogP contribution in [0.2, 0.25) is 0 Å². The molecule has 0 fully saturated rings. The molecule has 1 unspecified atom stereocenters. The zero-order valence-corrected chi connectivity index (χ0v) is 17.9. The van der Waals surface area contributed by atoms with E-state index in [9.17, 15) is 9.59 Å². The van der Waals surface area contributed by atoms with E-state index in [1.807, 2.05) is 6.07 Å². The van der Waals surface area contributed by atoms with Crippen molar-refractivity contribution in [3.63, 3.8) is 0 Å². The van der Waals surface area contributed by atoms with Crippen molar-refractivity contribution in [2.75, 3.05) is 7.05 Å². The molecule has 4 heteroatoms. The molecule has 0 N–H and O–H groups in total. The number of amides is 2. The van der Waals surface area contributed by atoms with Gasteiger partial charge in [0.2, 0.25) is 0 Å². The van der Waals surface area contributed by atoms with Crippen molar-refractivity contribution in [3.05, 3.63) is 68.5 Å². The van der Waals surface area contributed by atoms with E-state index in [1.54, 1.807) is 7.05 Å². The summed E-state index contributed by atoms with van der Waals surface area (Å²) in [7, 11) is 1.58. The summed E-state index contributed by atoms with van der Waals surface area (Å²) in [4.78, 5) is 26.7. The Morgan fingerprint density at radius 3 is 2.83 bits per heavy atom. The van der Waals surface area contributed by atoms with Crippen LogP contribution in [0.1, 0.15) is 70.7 Å². The van der Waals surface area contributed by atoms with Gasteiger partial charge in [-0.1, -0.05) is 37.6 Å². The van der Waals surface area contributed by atoms with Gasteiger partial charge in [0.1, 0.15) is 11.5 Å². The van der Waals surface area contributed by atoms with Crippen LogP contribution < -0.4 is 10.4 Å². The number of carbonyl (C=O) groups excluding carboxylic acids is 2. The summed E-state index contributed by atoms with van der Waals surface area (Å²) in [6.45, 7) is 4.28. The van der Waals surface area contributed by atoms with Gasteiger partial charge >= 0.3 is 0 Å². The number of hydrogen-bond acceptors (Lipinski definition) is 3. The van der Waals surface area contributed by atoms with Crippen LogP contribution in [0.4, 0.5) is 0 Å². The van der Waals surface area contributed by atoms with Gasteiger partial charge in [-0.25, -0.2) is 0 Å². The Morgan fingerprint density at radius 1 is 1.20 bits per heavy atom. The van der Waals surface area contributed by atoms with Gasteiger partial charge in [-0.15, -0.1) is 0 Å². The average molecular weight is 402 g/mol. The highest BCUT2D eigenvalue weighted by Gasteiger charge is 2.32. The molecule has 1 aromatic heterocycles. The predicted octanol–water partition coefficient (Wildman–Crippen LogP) is 3.32. The second-order valence-corrected chi connectivity index (χ2v) is 8.61. The van der Waals surface area contributed by atoms with E-state index >= 15 is 0 Å². The number of hydrogen-bond donors (Lipinski definition) is 0. The number of furan rings is 1. The van der Waals surface area contributed by atoms with Crippen LogP contribution in [-0.4, -0.2) is 23.8 Å². The number of rotatable bonds is 3. The Morgan fingerprint density at radius 2 is 2.03 bits per heavy atom. The summed E-state index contributed by atoms with van der Waals surface area (Å²) in [5.41, 5.74) is 5.34. The van der Waals surface area contributed by atoms with Gasteiger partial charge in [0.25, 0.3) is 11.8 Å². The molecule has 2 heterocycles. The largest absolute Gasteiger partial charge is 0.466 e. The van der Waals surface area contributed by atoms with Crippen molar-refractivity contribution in [1.82, 2.24) is 4.90 Å². The van der Waals surface area contributed by atoms with Crippen LogP contribution in [-0.2, 0) is 24.1 Å². The first-order valence-corrected chi connectivity index (χ1v) is 11.0. The highest BCUT2D eigenvalue weighted by molar-refractivity contribution is 6.24. The fourth-order valence-electron chi connectivity index (χ4n) is 5.36. The molecule has 0 saturated carbocycles. The third-order valence-corrected chi connectivity index (χ3v) is 6.82. The summed E-state index contributed by atoms with van der Waals surface area (Å²) < 4.78 is 6.22. The monoisotopic (exact) mass is 401 g/mol. The number of allylic oxidation sites excluding steroid dienone is 2. The minimum absolute atomic E-state index is 0.149. The number of benzene rings is 1. The second kappa shape index (κ2) is 7.12. The lowest BCUT2D eigenvalue weighted by Gasteiger charge is -2.26. The molecule has 1 aliphatic heterocycles. The highest BCUT2D eigenvalue weighted by atomic mass is 16.3. The zero-order valence-electron chi connectivity index (χ0n) is 17.9. The molecule has 3 aliphatic rings. The van der Waals surface area contributed by atoms with Crippen molar-refractivity contribution in [3.8, 4) is 0 Å². The Labute approximate surface area is 176 Å². The Hall–Kier alpha value is -2.88. The smallest absolute Gasteiger partial charge is 0.261 e. The average Bonchev–Trinajstić information content (AvgIpc) is 2.91. The molecular formula is C26H27NO3. The summed E-state index contributed by atoms with van der Waals surface area (Å²) in [6, 6.07) is 3.99. The SMILES string of the molecule is CCCc1c(C)oc2c1CC=CC(c1ccc3c4c1=CCCC=4C(=O)N(C)C3=O)C2. The van der Waals surface area contributed by atoms with Crippen LogP contribution in [0.15, 0.2) is 28.7 Å². The van der Waals surface area contributed by atoms with Crippen LogP contribution in [0.3, 0.4) is 0 Å². The molecule has 4 nitrogen and oxygen atoms in total. The summed E-state index contributed by atoms with van der Waals surface area (Å²) in [5.74, 6) is 1.95. The minimum Gasteiger partial charge on any atom is -0.466 e. The molecule has 0 saturated heterocycles.